The van der Waals surface area contributed by atoms with Crippen LogP contribution in [-0.2, 0) is 0 Å². The normalized spacial score (nSPS) is 11.1. The van der Waals surface area contributed by atoms with E-state index in [1.54, 1.807) is 12.1 Å². The van der Waals surface area contributed by atoms with Crippen molar-refractivity contribution in [2.45, 2.75) is 0 Å². The lowest BCUT2D eigenvalue weighted by atomic mass is 10.3. The van der Waals surface area contributed by atoms with Crippen LogP contribution in [0.25, 0.3) is 28.2 Å². The first kappa shape index (κ1) is 12.5. The smallest absolute Gasteiger partial charge is 0.172 e. The number of nitrogens with two attached hydrogens (primary N) is 1. The van der Waals surface area contributed by atoms with Crippen LogP contribution in [0.1, 0.15) is 0 Å². The molecular weight excluding hydrogens is 283 g/mol. The Morgan fingerprint density at radius 2 is 1.95 bits per heavy atom. The molecule has 0 fully saturated rings. The number of fused-ring (bicyclic) bond motifs is 1. The van der Waals surface area contributed by atoms with E-state index in [4.69, 9.17) is 5.73 Å². The van der Waals surface area contributed by atoms with E-state index < -0.39 is 0 Å². The predicted octanol–water partition coefficient (Wildman–Crippen LogP) is 2.53. The Kier molecular flexibility index (Phi) is 2.65. The van der Waals surface area contributed by atoms with E-state index in [1.807, 2.05) is 24.3 Å². The molecule has 0 saturated heterocycles. The molecule has 22 heavy (non-hydrogen) atoms. The summed E-state index contributed by atoms with van der Waals surface area (Å²) in [6, 6.07) is 13.6. The van der Waals surface area contributed by atoms with Crippen molar-refractivity contribution in [1.82, 2.24) is 25.0 Å². The topological polar surface area (TPSA) is 85.4 Å². The Hall–Kier alpha value is -3.22. The number of rotatable bonds is 2. The highest BCUT2D eigenvalue weighted by atomic mass is 19.1. The van der Waals surface area contributed by atoms with E-state index in [1.165, 1.54) is 16.8 Å². The summed E-state index contributed by atoms with van der Waals surface area (Å²) >= 11 is 0. The van der Waals surface area contributed by atoms with Gasteiger partial charge in [0.25, 0.3) is 0 Å². The van der Waals surface area contributed by atoms with Crippen molar-refractivity contribution in [3.8, 4) is 17.2 Å². The van der Waals surface area contributed by atoms with Crippen LogP contribution in [-0.4, -0.2) is 25.0 Å². The van der Waals surface area contributed by atoms with Gasteiger partial charge in [-0.2, -0.15) is 4.68 Å². The van der Waals surface area contributed by atoms with Gasteiger partial charge in [-0.05, 0) is 30.3 Å². The minimum absolute atomic E-state index is 0.296. The van der Waals surface area contributed by atoms with Crippen molar-refractivity contribution in [1.29, 1.82) is 0 Å². The molecule has 3 N–H and O–H groups in total. The first-order chi connectivity index (χ1) is 10.7. The Bertz CT molecular complexity index is 938. The van der Waals surface area contributed by atoms with Crippen molar-refractivity contribution in [2.24, 2.45) is 0 Å². The zero-order chi connectivity index (χ0) is 15.1. The van der Waals surface area contributed by atoms with Crippen LogP contribution in [0.3, 0.4) is 0 Å². The summed E-state index contributed by atoms with van der Waals surface area (Å²) in [6.45, 7) is 0. The number of nitrogen functional groups attached to an aromatic ring is 1. The number of hydrogen-bond donors (Lipinski definition) is 2. The second-order valence-electron chi connectivity index (χ2n) is 4.82. The third kappa shape index (κ3) is 1.91. The minimum Gasteiger partial charge on any atom is -0.382 e. The molecule has 6 nitrogen and oxygen atoms in total. The van der Waals surface area contributed by atoms with Crippen LogP contribution in [0.2, 0.25) is 0 Å². The molecule has 0 unspecified atom stereocenters. The van der Waals surface area contributed by atoms with Gasteiger partial charge in [0.1, 0.15) is 5.82 Å². The molecule has 4 aromatic rings. The fourth-order valence-corrected chi connectivity index (χ4v) is 2.32. The molecule has 0 amide bonds. The second kappa shape index (κ2) is 4.66. The van der Waals surface area contributed by atoms with Crippen molar-refractivity contribution in [3.05, 3.63) is 54.3 Å². The van der Waals surface area contributed by atoms with Gasteiger partial charge in [0, 0.05) is 0 Å². The van der Waals surface area contributed by atoms with Gasteiger partial charge in [0.2, 0.25) is 0 Å². The summed E-state index contributed by atoms with van der Waals surface area (Å²) in [5, 5.41) is 8.05. The number of hydrogen-bond acceptors (Lipinski definition) is 4. The molecule has 0 atom stereocenters. The van der Waals surface area contributed by atoms with Crippen molar-refractivity contribution < 1.29 is 4.39 Å². The van der Waals surface area contributed by atoms with Crippen LogP contribution in [0.5, 0.6) is 0 Å². The van der Waals surface area contributed by atoms with E-state index in [9.17, 15) is 4.39 Å². The summed E-state index contributed by atoms with van der Waals surface area (Å²) in [6.07, 6.45) is 0. The molecule has 108 valence electrons. The number of benzene rings is 2. The van der Waals surface area contributed by atoms with E-state index in [2.05, 4.69) is 20.3 Å². The first-order valence-electron chi connectivity index (χ1n) is 6.64. The Balaban J connectivity index is 1.84. The Labute approximate surface area is 124 Å². The second-order valence-corrected chi connectivity index (χ2v) is 4.82. The summed E-state index contributed by atoms with van der Waals surface area (Å²) < 4.78 is 14.7. The number of aromatic nitrogens is 5. The number of H-pyrrole nitrogens is 1. The number of nitrogens with one attached hydrogen (secondary N) is 1. The molecular formula is C15H11FN6. The Morgan fingerprint density at radius 3 is 2.77 bits per heavy atom. The number of anilines is 1. The largest absolute Gasteiger partial charge is 0.382 e. The zero-order valence-corrected chi connectivity index (χ0v) is 11.4. The molecule has 2 aromatic heterocycles. The predicted molar refractivity (Wildman–Crippen MR) is 80.8 cm³/mol. The van der Waals surface area contributed by atoms with Crippen LogP contribution >= 0.6 is 0 Å². The average Bonchev–Trinajstić information content (AvgIpc) is 3.10. The molecule has 0 aliphatic heterocycles. The van der Waals surface area contributed by atoms with Crippen molar-refractivity contribution in [2.75, 3.05) is 5.73 Å². The van der Waals surface area contributed by atoms with E-state index in [0.717, 1.165) is 11.0 Å². The van der Waals surface area contributed by atoms with Crippen LogP contribution < -0.4 is 5.73 Å². The van der Waals surface area contributed by atoms with E-state index in [0.29, 0.717) is 23.0 Å². The van der Waals surface area contributed by atoms with Crippen LogP contribution in [0, 0.1) is 5.82 Å². The van der Waals surface area contributed by atoms with Crippen molar-refractivity contribution >= 4 is 16.9 Å². The highest BCUT2D eigenvalue weighted by Gasteiger charge is 2.16. The van der Waals surface area contributed by atoms with Gasteiger partial charge in [0.15, 0.2) is 17.3 Å². The lowest BCUT2D eigenvalue weighted by Crippen LogP contribution is -2.02. The number of para-hydroxylation sites is 2. The molecule has 4 rings (SSSR count). The quantitative estimate of drug-likeness (QED) is 0.595. The molecule has 0 spiro atoms. The fourth-order valence-electron chi connectivity index (χ4n) is 2.32. The molecule has 7 heteroatoms. The zero-order valence-electron chi connectivity index (χ0n) is 11.4. The lowest BCUT2D eigenvalue weighted by molar-refractivity contribution is 0.625. The highest BCUT2D eigenvalue weighted by molar-refractivity contribution is 5.80. The van der Waals surface area contributed by atoms with Gasteiger partial charge >= 0.3 is 0 Å². The van der Waals surface area contributed by atoms with Crippen molar-refractivity contribution in [3.63, 3.8) is 0 Å². The van der Waals surface area contributed by atoms with Gasteiger partial charge in [-0.15, -0.1) is 5.10 Å². The maximum Gasteiger partial charge on any atom is 0.172 e. The summed E-state index contributed by atoms with van der Waals surface area (Å²) in [4.78, 5) is 7.59. The first-order valence-corrected chi connectivity index (χ1v) is 6.64. The monoisotopic (exact) mass is 294 g/mol. The fraction of sp³-hybridized carbons (Fsp3) is 0. The third-order valence-electron chi connectivity index (χ3n) is 3.37. The van der Waals surface area contributed by atoms with Gasteiger partial charge in [-0.3, -0.25) is 0 Å². The standard InChI is InChI=1S/C15H11FN6/c16-9-4-3-5-10(8-9)22-14(17)13(20-21-22)15-18-11-6-1-2-7-12(11)19-15/h1-8H,17H2,(H,18,19). The summed E-state index contributed by atoms with van der Waals surface area (Å²) in [5.41, 5.74) is 8.74. The van der Waals surface area contributed by atoms with Gasteiger partial charge in [-0.1, -0.05) is 23.4 Å². The average molecular weight is 294 g/mol. The maximum atomic E-state index is 13.3. The number of aromatic amines is 1. The molecule has 0 bridgehead atoms. The van der Waals surface area contributed by atoms with Crippen LogP contribution in [0.4, 0.5) is 10.2 Å². The Morgan fingerprint density at radius 1 is 1.09 bits per heavy atom. The SMILES string of the molecule is Nc1c(-c2nc3ccccc3[nH]2)nnn1-c1cccc(F)c1. The number of halogens is 1. The molecule has 2 heterocycles. The lowest BCUT2D eigenvalue weighted by Gasteiger charge is -2.02. The van der Waals surface area contributed by atoms with Gasteiger partial charge in [0.05, 0.1) is 16.7 Å². The third-order valence-corrected chi connectivity index (χ3v) is 3.37. The van der Waals surface area contributed by atoms with Gasteiger partial charge in [-0.25, -0.2) is 9.37 Å². The highest BCUT2D eigenvalue weighted by Crippen LogP contribution is 2.25. The molecule has 0 aliphatic carbocycles. The molecule has 2 aromatic carbocycles. The molecule has 0 radical (unpaired) electrons. The van der Waals surface area contributed by atoms with Gasteiger partial charge < -0.3 is 10.7 Å². The molecule has 0 saturated carbocycles. The van der Waals surface area contributed by atoms with Crippen LogP contribution in [0.15, 0.2) is 48.5 Å². The molecule has 0 aliphatic rings. The number of nitrogens with zero attached hydrogens (tertiary/aromatic N) is 4. The maximum absolute atomic E-state index is 13.3. The summed E-state index contributed by atoms with van der Waals surface area (Å²) in [7, 11) is 0. The number of imidazole rings is 1. The van der Waals surface area contributed by atoms with E-state index in [-0.39, 0.29) is 5.82 Å². The van der Waals surface area contributed by atoms with E-state index >= 15 is 0 Å². The summed E-state index contributed by atoms with van der Waals surface area (Å²) in [5.74, 6) is 0.462. The minimum atomic E-state index is -0.363.